The predicted molar refractivity (Wildman–Crippen MR) is 99.8 cm³/mol. The zero-order chi connectivity index (χ0) is 16.6. The van der Waals surface area contributed by atoms with Crippen LogP contribution in [0.15, 0.2) is 46.3 Å². The maximum absolute atomic E-state index is 2.43. The smallest absolute Gasteiger partial charge is 0.179 e. The van der Waals surface area contributed by atoms with Crippen LogP contribution in [0.5, 0.6) is 0 Å². The van der Waals surface area contributed by atoms with E-state index in [9.17, 15) is 0 Å². The van der Waals surface area contributed by atoms with Crippen LogP contribution in [0, 0.1) is 13.8 Å². The Bertz CT molecular complexity index is 741. The minimum absolute atomic E-state index is 0.546. The molecule has 23 heavy (non-hydrogen) atoms. The molecule has 0 fully saturated rings. The van der Waals surface area contributed by atoms with Crippen LogP contribution < -0.4 is 9.47 Å². The summed E-state index contributed by atoms with van der Waals surface area (Å²) in [5, 5.41) is 1.28. The van der Waals surface area contributed by atoms with Gasteiger partial charge in [-0.1, -0.05) is 30.8 Å². The molecule has 0 amide bonds. The van der Waals surface area contributed by atoms with E-state index in [1.165, 1.54) is 32.6 Å². The Morgan fingerprint density at radius 1 is 1.17 bits per heavy atom. The number of fused-ring (bicyclic) bond motifs is 1. The summed E-state index contributed by atoms with van der Waals surface area (Å²) >= 11 is 1.85. The van der Waals surface area contributed by atoms with Gasteiger partial charge in [0.25, 0.3) is 0 Å². The van der Waals surface area contributed by atoms with Crippen molar-refractivity contribution in [2.24, 2.45) is 0 Å². The third-order valence-electron chi connectivity index (χ3n) is 4.60. The van der Waals surface area contributed by atoms with E-state index in [4.69, 9.17) is 0 Å². The van der Waals surface area contributed by atoms with Crippen molar-refractivity contribution >= 4 is 23.5 Å². The Kier molecular flexibility index (Phi) is 4.49. The van der Waals surface area contributed by atoms with Crippen molar-refractivity contribution in [1.82, 2.24) is 0 Å². The van der Waals surface area contributed by atoms with Gasteiger partial charge in [0.15, 0.2) is 17.4 Å². The summed E-state index contributed by atoms with van der Waals surface area (Å²) < 4.78 is 2.43. The van der Waals surface area contributed by atoms with Crippen molar-refractivity contribution in [3.63, 3.8) is 0 Å². The summed E-state index contributed by atoms with van der Waals surface area (Å²) in [5.74, 6) is 0. The number of aryl methyl sites for hydroxylation is 2. The van der Waals surface area contributed by atoms with Gasteiger partial charge in [0.05, 0.1) is 10.7 Å². The molecule has 2 aromatic rings. The first-order valence-corrected chi connectivity index (χ1v) is 9.08. The third kappa shape index (κ3) is 3.02. The summed E-state index contributed by atoms with van der Waals surface area (Å²) in [4.78, 5) is 3.61. The van der Waals surface area contributed by atoms with Crippen LogP contribution in [-0.4, -0.2) is 7.05 Å². The number of pyridine rings is 1. The van der Waals surface area contributed by atoms with E-state index in [2.05, 4.69) is 86.7 Å². The molecule has 1 aromatic carbocycles. The van der Waals surface area contributed by atoms with Crippen LogP contribution in [0.2, 0.25) is 0 Å². The molecule has 0 saturated carbocycles. The van der Waals surface area contributed by atoms with Crippen molar-refractivity contribution < 1.29 is 4.57 Å². The Hall–Kier alpha value is -1.74. The highest BCUT2D eigenvalue weighted by atomic mass is 32.2. The molecule has 120 valence electrons. The molecule has 2 nitrogen and oxygen atoms in total. The summed E-state index contributed by atoms with van der Waals surface area (Å²) in [6, 6.07) is 13.7. The van der Waals surface area contributed by atoms with Crippen LogP contribution in [-0.2, 0) is 0 Å². The monoisotopic (exact) mass is 325 g/mol. The van der Waals surface area contributed by atoms with Crippen LogP contribution in [0.1, 0.15) is 43.3 Å². The molecular formula is C20H25N2S+. The first-order chi connectivity index (χ1) is 11.0. The standard InChI is InChI=1S/C20H25N2S/c1-6-14(2)22-15(3)11-17(12-16(22)4)13-20-21(5)18-9-7-8-10-19(18)23-20/h7-14H,6H2,1-5H3/q+1. The maximum Gasteiger partial charge on any atom is 0.179 e. The number of nitrogens with zero attached hydrogens (tertiary/aromatic N) is 2. The van der Waals surface area contributed by atoms with Gasteiger partial charge in [-0.2, -0.15) is 4.57 Å². The topological polar surface area (TPSA) is 7.12 Å². The predicted octanol–water partition coefficient (Wildman–Crippen LogP) is 5.10. The number of anilines is 1. The molecule has 1 aliphatic heterocycles. The lowest BCUT2D eigenvalue weighted by Gasteiger charge is -2.14. The lowest BCUT2D eigenvalue weighted by molar-refractivity contribution is -0.730. The first-order valence-electron chi connectivity index (χ1n) is 8.26. The van der Waals surface area contributed by atoms with Crippen molar-refractivity contribution in [2.75, 3.05) is 11.9 Å². The quantitative estimate of drug-likeness (QED) is 0.725. The third-order valence-corrected chi connectivity index (χ3v) is 5.77. The molecule has 0 N–H and O–H groups in total. The molecule has 3 rings (SSSR count). The van der Waals surface area contributed by atoms with Crippen molar-refractivity contribution in [1.29, 1.82) is 0 Å². The first kappa shape index (κ1) is 16.1. The van der Waals surface area contributed by atoms with Crippen LogP contribution >= 0.6 is 11.8 Å². The molecule has 0 bridgehead atoms. The number of thioether (sulfide) groups is 1. The second kappa shape index (κ2) is 6.40. The summed E-state index contributed by atoms with van der Waals surface area (Å²) in [5.41, 5.74) is 5.23. The molecule has 1 aromatic heterocycles. The normalized spacial score (nSPS) is 16.7. The van der Waals surface area contributed by atoms with Gasteiger partial charge in [-0.05, 0) is 30.7 Å². The molecule has 1 atom stereocenters. The summed E-state index contributed by atoms with van der Waals surface area (Å²) in [7, 11) is 2.15. The minimum atomic E-state index is 0.546. The molecule has 0 radical (unpaired) electrons. The van der Waals surface area contributed by atoms with Gasteiger partial charge in [0, 0.05) is 44.3 Å². The lowest BCUT2D eigenvalue weighted by Crippen LogP contribution is -2.43. The Morgan fingerprint density at radius 3 is 2.43 bits per heavy atom. The van der Waals surface area contributed by atoms with E-state index >= 15 is 0 Å². The Labute approximate surface area is 143 Å². The number of para-hydroxylation sites is 1. The van der Waals surface area contributed by atoms with Gasteiger partial charge >= 0.3 is 0 Å². The lowest BCUT2D eigenvalue weighted by atomic mass is 10.1. The number of benzene rings is 1. The fourth-order valence-electron chi connectivity index (χ4n) is 3.29. The number of hydrogen-bond donors (Lipinski definition) is 0. The second-order valence-corrected chi connectivity index (χ2v) is 7.37. The molecular weight excluding hydrogens is 300 g/mol. The molecule has 1 aliphatic rings. The van der Waals surface area contributed by atoms with E-state index in [0.717, 1.165) is 6.42 Å². The van der Waals surface area contributed by atoms with Crippen molar-refractivity contribution in [3.05, 3.63) is 58.4 Å². The van der Waals surface area contributed by atoms with Gasteiger partial charge in [-0.3, -0.25) is 0 Å². The summed E-state index contributed by atoms with van der Waals surface area (Å²) in [6.07, 6.45) is 3.45. The zero-order valence-electron chi connectivity index (χ0n) is 14.6. The highest BCUT2D eigenvalue weighted by molar-refractivity contribution is 8.03. The van der Waals surface area contributed by atoms with E-state index in [1.54, 1.807) is 0 Å². The van der Waals surface area contributed by atoms with Crippen LogP contribution in [0.25, 0.3) is 6.08 Å². The van der Waals surface area contributed by atoms with Gasteiger partial charge in [-0.15, -0.1) is 0 Å². The number of hydrogen-bond acceptors (Lipinski definition) is 2. The molecule has 0 spiro atoms. The Morgan fingerprint density at radius 2 is 1.83 bits per heavy atom. The van der Waals surface area contributed by atoms with E-state index < -0.39 is 0 Å². The fraction of sp³-hybridized carbons (Fsp3) is 0.350. The molecule has 0 saturated heterocycles. The largest absolute Gasteiger partial charge is 0.338 e. The average Bonchev–Trinajstić information content (AvgIpc) is 2.83. The van der Waals surface area contributed by atoms with Gasteiger partial charge in [-0.25, -0.2) is 0 Å². The van der Waals surface area contributed by atoms with Gasteiger partial charge in [0.1, 0.15) is 0 Å². The van der Waals surface area contributed by atoms with Gasteiger partial charge in [0.2, 0.25) is 0 Å². The van der Waals surface area contributed by atoms with Crippen LogP contribution in [0.4, 0.5) is 5.69 Å². The highest BCUT2D eigenvalue weighted by Crippen LogP contribution is 2.45. The van der Waals surface area contributed by atoms with E-state index in [1.807, 2.05) is 11.8 Å². The molecule has 3 heteroatoms. The van der Waals surface area contributed by atoms with E-state index in [0.29, 0.717) is 6.04 Å². The second-order valence-electron chi connectivity index (χ2n) is 6.31. The van der Waals surface area contributed by atoms with Crippen LogP contribution in [0.3, 0.4) is 0 Å². The SMILES string of the molecule is CCC(C)[n+]1c(C)cc(/C=C2/Sc3ccccc3N2C)cc1C. The summed E-state index contributed by atoms with van der Waals surface area (Å²) in [6.45, 7) is 8.95. The zero-order valence-corrected chi connectivity index (χ0v) is 15.4. The minimum Gasteiger partial charge on any atom is -0.338 e. The molecule has 0 aliphatic carbocycles. The average molecular weight is 326 g/mol. The highest BCUT2D eigenvalue weighted by Gasteiger charge is 2.22. The maximum atomic E-state index is 2.43. The molecule has 2 heterocycles. The van der Waals surface area contributed by atoms with Gasteiger partial charge < -0.3 is 4.90 Å². The van der Waals surface area contributed by atoms with Crippen molar-refractivity contribution in [2.45, 2.75) is 45.1 Å². The number of rotatable bonds is 3. The fourth-order valence-corrected chi connectivity index (χ4v) is 4.40. The van der Waals surface area contributed by atoms with E-state index in [-0.39, 0.29) is 0 Å². The molecule has 1 unspecified atom stereocenters. The Balaban J connectivity index is 1.96. The van der Waals surface area contributed by atoms with Crippen molar-refractivity contribution in [3.8, 4) is 0 Å². The number of aromatic nitrogens is 1.